The predicted octanol–water partition coefficient (Wildman–Crippen LogP) is 0.850. The fourth-order valence-electron chi connectivity index (χ4n) is 1.30. The monoisotopic (exact) mass is 200 g/mol. The molecule has 13 heavy (non-hydrogen) atoms. The molecular weight excluding hydrogens is 192 g/mol. The maximum atomic E-state index is 11.2. The molecule has 1 aromatic carbocycles. The zero-order chi connectivity index (χ0) is 9.64. The standard InChI is InChI=1S/C8H8O4S/c1-11-5-3-4-6-8(7(5)12-2)13(6,9)10/h3-4H,1-2H3. The molecule has 0 bridgehead atoms. The SMILES string of the molecule is COc1ccc2c(c1OC)S2(=O)=O. The highest BCUT2D eigenvalue weighted by Crippen LogP contribution is 2.51. The van der Waals surface area contributed by atoms with Crippen LogP contribution in [0.25, 0.3) is 0 Å². The summed E-state index contributed by atoms with van der Waals surface area (Å²) in [5.74, 6) is 0.752. The molecular formula is C8H8O4S. The van der Waals surface area contributed by atoms with Crippen LogP contribution in [0.15, 0.2) is 21.9 Å². The zero-order valence-electron chi connectivity index (χ0n) is 7.20. The second-order valence-corrected chi connectivity index (χ2v) is 4.49. The highest BCUT2D eigenvalue weighted by molar-refractivity contribution is 7.97. The van der Waals surface area contributed by atoms with Crippen molar-refractivity contribution in [2.45, 2.75) is 9.79 Å². The van der Waals surface area contributed by atoms with Gasteiger partial charge < -0.3 is 9.47 Å². The first kappa shape index (κ1) is 8.37. The van der Waals surface area contributed by atoms with Crippen LogP contribution in [-0.2, 0) is 9.84 Å². The van der Waals surface area contributed by atoms with E-state index >= 15 is 0 Å². The Hall–Kier alpha value is -1.23. The third-order valence-corrected chi connectivity index (χ3v) is 3.64. The molecule has 70 valence electrons. The van der Waals surface area contributed by atoms with Gasteiger partial charge in [-0.05, 0) is 12.1 Å². The van der Waals surface area contributed by atoms with Gasteiger partial charge in [-0.25, -0.2) is 8.42 Å². The van der Waals surface area contributed by atoms with E-state index in [1.807, 2.05) is 0 Å². The first-order valence-corrected chi connectivity index (χ1v) is 5.11. The van der Waals surface area contributed by atoms with Crippen molar-refractivity contribution in [1.29, 1.82) is 0 Å². The fraction of sp³-hybridized carbons (Fsp3) is 0.250. The summed E-state index contributed by atoms with van der Waals surface area (Å²) >= 11 is 0. The summed E-state index contributed by atoms with van der Waals surface area (Å²) in [5.41, 5.74) is 0. The zero-order valence-corrected chi connectivity index (χ0v) is 8.01. The van der Waals surface area contributed by atoms with Crippen LogP contribution in [0.3, 0.4) is 0 Å². The summed E-state index contributed by atoms with van der Waals surface area (Å²) in [7, 11) is -0.262. The van der Waals surface area contributed by atoms with Gasteiger partial charge >= 0.3 is 0 Å². The molecule has 0 N–H and O–H groups in total. The van der Waals surface area contributed by atoms with Crippen molar-refractivity contribution in [2.24, 2.45) is 0 Å². The number of fused-ring (bicyclic) bond motifs is 1. The summed E-state index contributed by atoms with van der Waals surface area (Å²) in [6.07, 6.45) is 0. The highest BCUT2D eigenvalue weighted by atomic mass is 32.2. The van der Waals surface area contributed by atoms with E-state index in [9.17, 15) is 8.42 Å². The van der Waals surface area contributed by atoms with E-state index in [0.29, 0.717) is 16.4 Å². The number of methoxy groups -OCH3 is 2. The summed E-state index contributed by atoms with van der Waals surface area (Å²) in [4.78, 5) is 0.597. The van der Waals surface area contributed by atoms with E-state index in [0.717, 1.165) is 0 Å². The lowest BCUT2D eigenvalue weighted by Gasteiger charge is -2.03. The third-order valence-electron chi connectivity index (χ3n) is 1.98. The molecule has 5 heteroatoms. The maximum absolute atomic E-state index is 11.2. The minimum Gasteiger partial charge on any atom is -0.493 e. The molecule has 0 unspecified atom stereocenters. The topological polar surface area (TPSA) is 52.6 Å². The molecule has 0 spiro atoms. The summed E-state index contributed by atoms with van der Waals surface area (Å²) in [5, 5.41) is 0. The van der Waals surface area contributed by atoms with Crippen molar-refractivity contribution >= 4 is 9.84 Å². The van der Waals surface area contributed by atoms with Gasteiger partial charge in [0.25, 0.3) is 0 Å². The van der Waals surface area contributed by atoms with E-state index in [-0.39, 0.29) is 4.90 Å². The van der Waals surface area contributed by atoms with Crippen molar-refractivity contribution in [2.75, 3.05) is 14.2 Å². The Bertz CT molecular complexity index is 461. The summed E-state index contributed by atoms with van der Waals surface area (Å²) < 4.78 is 32.4. The molecule has 0 aliphatic carbocycles. The third kappa shape index (κ3) is 0.935. The van der Waals surface area contributed by atoms with E-state index in [1.165, 1.54) is 20.3 Å². The van der Waals surface area contributed by atoms with Crippen LogP contribution in [-0.4, -0.2) is 22.6 Å². The minimum atomic E-state index is -3.16. The number of benzene rings is 1. The molecule has 1 heterocycles. The number of hydrogen-bond donors (Lipinski definition) is 0. The van der Waals surface area contributed by atoms with Gasteiger partial charge in [-0.1, -0.05) is 0 Å². The molecule has 0 aromatic heterocycles. The molecule has 2 rings (SSSR count). The predicted molar refractivity (Wildman–Crippen MR) is 45.0 cm³/mol. The second kappa shape index (κ2) is 2.38. The van der Waals surface area contributed by atoms with E-state index in [2.05, 4.69) is 0 Å². The van der Waals surface area contributed by atoms with Gasteiger partial charge in [-0.15, -0.1) is 0 Å². The second-order valence-electron chi connectivity index (χ2n) is 2.63. The normalized spacial score (nSPS) is 16.2. The van der Waals surface area contributed by atoms with Crippen LogP contribution >= 0.6 is 0 Å². The van der Waals surface area contributed by atoms with Gasteiger partial charge in [0.05, 0.1) is 19.1 Å². The Morgan fingerprint density at radius 1 is 1.15 bits per heavy atom. The number of ether oxygens (including phenoxy) is 2. The van der Waals surface area contributed by atoms with Crippen LogP contribution in [0.5, 0.6) is 11.5 Å². The van der Waals surface area contributed by atoms with Crippen LogP contribution in [0.4, 0.5) is 0 Å². The molecule has 4 nitrogen and oxygen atoms in total. The van der Waals surface area contributed by atoms with Gasteiger partial charge in [0, 0.05) is 0 Å². The van der Waals surface area contributed by atoms with E-state index in [1.54, 1.807) is 6.07 Å². The van der Waals surface area contributed by atoms with Gasteiger partial charge in [-0.3, -0.25) is 0 Å². The largest absolute Gasteiger partial charge is 0.493 e. The van der Waals surface area contributed by atoms with Crippen molar-refractivity contribution in [3.05, 3.63) is 12.1 Å². The Balaban J connectivity index is 2.68. The molecule has 1 aliphatic heterocycles. The average Bonchev–Trinajstić information content (AvgIpc) is 2.68. The first-order valence-electron chi connectivity index (χ1n) is 3.63. The van der Waals surface area contributed by atoms with E-state index in [4.69, 9.17) is 9.47 Å². The maximum Gasteiger partial charge on any atom is 0.213 e. The van der Waals surface area contributed by atoms with Crippen molar-refractivity contribution < 1.29 is 17.9 Å². The lowest BCUT2D eigenvalue weighted by molar-refractivity contribution is 0.347. The number of hydrogen-bond acceptors (Lipinski definition) is 4. The number of sulfone groups is 1. The Labute approximate surface area is 76.0 Å². The van der Waals surface area contributed by atoms with Crippen LogP contribution in [0.1, 0.15) is 0 Å². The summed E-state index contributed by atoms with van der Waals surface area (Å²) in [6, 6.07) is 3.11. The molecule has 0 radical (unpaired) electrons. The Morgan fingerprint density at radius 3 is 2.38 bits per heavy atom. The van der Waals surface area contributed by atoms with Crippen molar-refractivity contribution in [3.8, 4) is 11.5 Å². The average molecular weight is 200 g/mol. The van der Waals surface area contributed by atoms with Gasteiger partial charge in [0.2, 0.25) is 9.84 Å². The highest BCUT2D eigenvalue weighted by Gasteiger charge is 2.44. The lowest BCUT2D eigenvalue weighted by Crippen LogP contribution is -1.89. The van der Waals surface area contributed by atoms with Gasteiger partial charge in [-0.2, -0.15) is 0 Å². The Morgan fingerprint density at radius 2 is 1.85 bits per heavy atom. The fourth-order valence-corrected chi connectivity index (χ4v) is 2.76. The number of rotatable bonds is 2. The molecule has 1 aromatic rings. The molecule has 0 atom stereocenters. The van der Waals surface area contributed by atoms with Crippen LogP contribution < -0.4 is 9.47 Å². The van der Waals surface area contributed by atoms with Crippen LogP contribution in [0, 0.1) is 0 Å². The van der Waals surface area contributed by atoms with Gasteiger partial charge in [0.1, 0.15) is 4.90 Å². The summed E-state index contributed by atoms with van der Waals surface area (Å²) in [6.45, 7) is 0. The lowest BCUT2D eigenvalue weighted by atomic mass is 10.3. The van der Waals surface area contributed by atoms with Crippen LogP contribution in [0.2, 0.25) is 0 Å². The van der Waals surface area contributed by atoms with Gasteiger partial charge in [0.15, 0.2) is 11.5 Å². The smallest absolute Gasteiger partial charge is 0.213 e. The minimum absolute atomic E-state index is 0.259. The molecule has 1 aliphatic rings. The quantitative estimate of drug-likeness (QED) is 0.674. The van der Waals surface area contributed by atoms with Crippen molar-refractivity contribution in [3.63, 3.8) is 0 Å². The first-order chi connectivity index (χ1) is 6.12. The molecule has 0 fully saturated rings. The Kier molecular flexibility index (Phi) is 1.53. The van der Waals surface area contributed by atoms with Crippen molar-refractivity contribution in [1.82, 2.24) is 0 Å². The van der Waals surface area contributed by atoms with E-state index < -0.39 is 9.84 Å². The molecule has 0 saturated carbocycles. The molecule has 0 amide bonds. The molecule has 0 saturated heterocycles.